The standard InChI is InChI=1S/C13H24N2/c14-8-13-11-6-10(7-11)9-15(13)12-4-2-1-3-5-12/h10-13H,1-9,14H2. The van der Waals surface area contributed by atoms with E-state index in [4.69, 9.17) is 5.73 Å². The van der Waals surface area contributed by atoms with Gasteiger partial charge in [0.05, 0.1) is 0 Å². The Morgan fingerprint density at radius 2 is 1.80 bits per heavy atom. The molecule has 0 aromatic carbocycles. The maximum absolute atomic E-state index is 5.97. The summed E-state index contributed by atoms with van der Waals surface area (Å²) in [5.74, 6) is 1.98. The molecule has 2 nitrogen and oxygen atoms in total. The van der Waals surface area contributed by atoms with Crippen LogP contribution in [0.3, 0.4) is 0 Å². The summed E-state index contributed by atoms with van der Waals surface area (Å²) in [6, 6.07) is 1.62. The maximum Gasteiger partial charge on any atom is 0.0249 e. The lowest BCUT2D eigenvalue weighted by Crippen LogP contribution is -2.61. The molecule has 1 atom stereocenters. The third-order valence-corrected chi connectivity index (χ3v) is 5.00. The molecule has 2 aliphatic heterocycles. The number of rotatable bonds is 2. The van der Waals surface area contributed by atoms with Crippen molar-refractivity contribution in [2.75, 3.05) is 13.1 Å². The highest BCUT2D eigenvalue weighted by molar-refractivity contribution is 4.99. The molecule has 0 spiro atoms. The van der Waals surface area contributed by atoms with E-state index in [1.165, 1.54) is 51.5 Å². The van der Waals surface area contributed by atoms with Crippen molar-refractivity contribution < 1.29 is 0 Å². The fraction of sp³-hybridized carbons (Fsp3) is 1.00. The van der Waals surface area contributed by atoms with Crippen molar-refractivity contribution in [1.82, 2.24) is 4.90 Å². The second kappa shape index (κ2) is 4.06. The van der Waals surface area contributed by atoms with Crippen LogP contribution in [0.1, 0.15) is 44.9 Å². The molecule has 15 heavy (non-hydrogen) atoms. The molecular formula is C13H24N2. The van der Waals surface area contributed by atoms with Crippen molar-refractivity contribution in [3.05, 3.63) is 0 Å². The van der Waals surface area contributed by atoms with E-state index in [9.17, 15) is 0 Å². The average Bonchev–Trinajstić information content (AvgIpc) is 2.28. The first-order chi connectivity index (χ1) is 7.38. The predicted molar refractivity (Wildman–Crippen MR) is 62.6 cm³/mol. The molecular weight excluding hydrogens is 184 g/mol. The third-order valence-electron chi connectivity index (χ3n) is 5.00. The smallest absolute Gasteiger partial charge is 0.0249 e. The third kappa shape index (κ3) is 1.72. The Morgan fingerprint density at radius 1 is 1.07 bits per heavy atom. The van der Waals surface area contributed by atoms with E-state index < -0.39 is 0 Å². The molecule has 4 fully saturated rings. The first-order valence-corrected chi connectivity index (χ1v) is 6.84. The molecule has 2 saturated heterocycles. The Bertz CT molecular complexity index is 217. The second-order valence-electron chi connectivity index (χ2n) is 5.89. The van der Waals surface area contributed by atoms with Crippen molar-refractivity contribution in [3.8, 4) is 0 Å². The zero-order valence-electron chi connectivity index (χ0n) is 9.70. The van der Waals surface area contributed by atoms with E-state index in [0.29, 0.717) is 0 Å². The van der Waals surface area contributed by atoms with Gasteiger partial charge in [0, 0.05) is 25.2 Å². The molecule has 2 heterocycles. The largest absolute Gasteiger partial charge is 0.329 e. The van der Waals surface area contributed by atoms with Crippen molar-refractivity contribution in [3.63, 3.8) is 0 Å². The summed E-state index contributed by atoms with van der Waals surface area (Å²) in [6.45, 7) is 2.26. The van der Waals surface area contributed by atoms with Crippen molar-refractivity contribution >= 4 is 0 Å². The average molecular weight is 208 g/mol. The highest BCUT2D eigenvalue weighted by Crippen LogP contribution is 2.45. The Kier molecular flexibility index (Phi) is 2.73. The molecule has 2 saturated carbocycles. The number of nitrogens with zero attached hydrogens (tertiary/aromatic N) is 1. The highest BCUT2D eigenvalue weighted by Gasteiger charge is 2.45. The predicted octanol–water partition coefficient (Wildman–Crippen LogP) is 1.99. The maximum atomic E-state index is 5.97. The van der Waals surface area contributed by atoms with Gasteiger partial charge in [-0.2, -0.15) is 0 Å². The van der Waals surface area contributed by atoms with Crippen LogP contribution >= 0.6 is 0 Å². The van der Waals surface area contributed by atoms with E-state index >= 15 is 0 Å². The number of hydrogen-bond acceptors (Lipinski definition) is 2. The van der Waals surface area contributed by atoms with Gasteiger partial charge < -0.3 is 5.73 Å². The van der Waals surface area contributed by atoms with Crippen molar-refractivity contribution in [2.45, 2.75) is 57.0 Å². The van der Waals surface area contributed by atoms with E-state index in [1.54, 1.807) is 0 Å². The molecule has 4 rings (SSSR count). The summed E-state index contributed by atoms with van der Waals surface area (Å²) in [5, 5.41) is 0. The number of fused-ring (bicyclic) bond motifs is 2. The lowest BCUT2D eigenvalue weighted by atomic mass is 9.66. The quantitative estimate of drug-likeness (QED) is 0.752. The van der Waals surface area contributed by atoms with E-state index in [2.05, 4.69) is 4.90 Å². The molecule has 4 aliphatic rings. The zero-order chi connectivity index (χ0) is 10.3. The first-order valence-electron chi connectivity index (χ1n) is 6.84. The Labute approximate surface area is 93.2 Å². The zero-order valence-corrected chi connectivity index (χ0v) is 9.70. The van der Waals surface area contributed by atoms with Crippen LogP contribution < -0.4 is 5.73 Å². The molecule has 0 amide bonds. The molecule has 0 aromatic rings. The van der Waals surface area contributed by atoms with Gasteiger partial charge in [0.25, 0.3) is 0 Å². The SMILES string of the molecule is NCC1C2CC(C2)CN1C1CCCCC1. The van der Waals surface area contributed by atoms with E-state index in [0.717, 1.165) is 30.5 Å². The molecule has 2 bridgehead atoms. The van der Waals surface area contributed by atoms with Gasteiger partial charge in [-0.05, 0) is 37.5 Å². The van der Waals surface area contributed by atoms with Crippen LogP contribution in [0.5, 0.6) is 0 Å². The molecule has 0 radical (unpaired) electrons. The monoisotopic (exact) mass is 208 g/mol. The first kappa shape index (κ1) is 10.1. The van der Waals surface area contributed by atoms with Gasteiger partial charge >= 0.3 is 0 Å². The summed E-state index contributed by atoms with van der Waals surface area (Å²) >= 11 is 0. The van der Waals surface area contributed by atoms with Crippen molar-refractivity contribution in [1.29, 1.82) is 0 Å². The van der Waals surface area contributed by atoms with Crippen LogP contribution in [0.15, 0.2) is 0 Å². The molecule has 86 valence electrons. The van der Waals surface area contributed by atoms with Crippen molar-refractivity contribution in [2.24, 2.45) is 17.6 Å². The lowest BCUT2D eigenvalue weighted by molar-refractivity contribution is -0.0573. The summed E-state index contributed by atoms with van der Waals surface area (Å²) in [4.78, 5) is 2.79. The van der Waals surface area contributed by atoms with Gasteiger partial charge in [-0.3, -0.25) is 4.90 Å². The summed E-state index contributed by atoms with van der Waals surface area (Å²) in [7, 11) is 0. The number of hydrogen-bond donors (Lipinski definition) is 1. The van der Waals surface area contributed by atoms with Gasteiger partial charge in [-0.15, -0.1) is 0 Å². The van der Waals surface area contributed by atoms with Crippen LogP contribution in [0.4, 0.5) is 0 Å². The van der Waals surface area contributed by atoms with Crippen LogP contribution in [0.25, 0.3) is 0 Å². The minimum Gasteiger partial charge on any atom is -0.329 e. The van der Waals surface area contributed by atoms with Crippen LogP contribution in [-0.2, 0) is 0 Å². The fourth-order valence-electron chi connectivity index (χ4n) is 4.12. The summed E-state index contributed by atoms with van der Waals surface area (Å²) in [6.07, 6.45) is 10.2. The fourth-order valence-corrected chi connectivity index (χ4v) is 4.12. The minimum absolute atomic E-state index is 0.734. The van der Waals surface area contributed by atoms with Gasteiger partial charge in [-0.1, -0.05) is 19.3 Å². The Hall–Kier alpha value is -0.0800. The molecule has 1 unspecified atom stereocenters. The second-order valence-corrected chi connectivity index (χ2v) is 5.89. The topological polar surface area (TPSA) is 29.3 Å². The molecule has 2 N–H and O–H groups in total. The molecule has 2 heteroatoms. The Balaban J connectivity index is 1.67. The summed E-state index contributed by atoms with van der Waals surface area (Å²) in [5.41, 5.74) is 5.97. The summed E-state index contributed by atoms with van der Waals surface area (Å²) < 4.78 is 0. The van der Waals surface area contributed by atoms with E-state index in [-0.39, 0.29) is 0 Å². The molecule has 2 aliphatic carbocycles. The van der Waals surface area contributed by atoms with E-state index in [1.807, 2.05) is 0 Å². The van der Waals surface area contributed by atoms with Crippen LogP contribution in [-0.4, -0.2) is 30.1 Å². The number of nitrogens with two attached hydrogens (primary N) is 1. The van der Waals surface area contributed by atoms with Crippen LogP contribution in [0, 0.1) is 11.8 Å². The van der Waals surface area contributed by atoms with Gasteiger partial charge in [0.1, 0.15) is 0 Å². The van der Waals surface area contributed by atoms with Gasteiger partial charge in [0.15, 0.2) is 0 Å². The minimum atomic E-state index is 0.734. The van der Waals surface area contributed by atoms with Gasteiger partial charge in [-0.25, -0.2) is 0 Å². The number of piperidine rings is 2. The normalized spacial score (nSPS) is 42.6. The highest BCUT2D eigenvalue weighted by atomic mass is 15.2. The molecule has 0 aromatic heterocycles. The van der Waals surface area contributed by atoms with Crippen LogP contribution in [0.2, 0.25) is 0 Å². The lowest BCUT2D eigenvalue weighted by Gasteiger charge is -2.56. The van der Waals surface area contributed by atoms with Gasteiger partial charge in [0.2, 0.25) is 0 Å². The Morgan fingerprint density at radius 3 is 2.47 bits per heavy atom.